The zero-order valence-corrected chi connectivity index (χ0v) is 9.52. The van der Waals surface area contributed by atoms with Crippen LogP contribution in [0.1, 0.15) is 39.5 Å². The largest absolute Gasteiger partial charge is 0.481 e. The fourth-order valence-corrected chi connectivity index (χ4v) is 1.96. The third-order valence-corrected chi connectivity index (χ3v) is 2.89. The van der Waals surface area contributed by atoms with Gasteiger partial charge in [-0.3, -0.25) is 4.79 Å². The molecule has 88 valence electrons. The van der Waals surface area contributed by atoms with Gasteiger partial charge >= 0.3 is 13.1 Å². The molecule has 0 fully saturated rings. The summed E-state index contributed by atoms with van der Waals surface area (Å²) in [5, 5.41) is 26.3. The van der Waals surface area contributed by atoms with Gasteiger partial charge in [-0.1, -0.05) is 33.1 Å². The summed E-state index contributed by atoms with van der Waals surface area (Å²) >= 11 is 0. The molecule has 15 heavy (non-hydrogen) atoms. The van der Waals surface area contributed by atoms with Crippen LogP contribution in [0.25, 0.3) is 0 Å². The van der Waals surface area contributed by atoms with E-state index >= 15 is 0 Å². The van der Waals surface area contributed by atoms with Crippen LogP contribution in [-0.2, 0) is 4.79 Å². The van der Waals surface area contributed by atoms with Crippen molar-refractivity contribution in [3.8, 4) is 0 Å². The molecular formula is C10H21BO4. The lowest BCUT2D eigenvalue weighted by atomic mass is 9.78. The number of carboxylic acid groups (broad SMARTS) is 1. The first kappa shape index (κ1) is 14.5. The van der Waals surface area contributed by atoms with E-state index in [0.717, 1.165) is 12.8 Å². The molecule has 0 saturated carbocycles. The van der Waals surface area contributed by atoms with Gasteiger partial charge in [-0.2, -0.15) is 0 Å². The lowest BCUT2D eigenvalue weighted by Gasteiger charge is -2.21. The standard InChI is InChI=1S/C10H21BO4/c1-3-8(6-5-7-11(14)15)9(4-2)10(12)13/h8-9,14-15H,3-7H2,1-2H3,(H,12,13). The Hall–Kier alpha value is -0.545. The van der Waals surface area contributed by atoms with Crippen molar-refractivity contribution in [3.05, 3.63) is 0 Å². The van der Waals surface area contributed by atoms with Crippen LogP contribution in [-0.4, -0.2) is 28.2 Å². The normalized spacial score (nSPS) is 14.7. The van der Waals surface area contributed by atoms with Crippen molar-refractivity contribution in [3.63, 3.8) is 0 Å². The maximum Gasteiger partial charge on any atom is 0.451 e. The predicted octanol–water partition coefficient (Wildman–Crippen LogP) is 1.38. The van der Waals surface area contributed by atoms with Gasteiger partial charge in [0.25, 0.3) is 0 Å². The van der Waals surface area contributed by atoms with E-state index in [9.17, 15) is 4.79 Å². The minimum absolute atomic E-state index is 0.145. The van der Waals surface area contributed by atoms with Gasteiger partial charge < -0.3 is 15.2 Å². The third kappa shape index (κ3) is 5.79. The van der Waals surface area contributed by atoms with Crippen LogP contribution >= 0.6 is 0 Å². The smallest absolute Gasteiger partial charge is 0.451 e. The van der Waals surface area contributed by atoms with E-state index in [0.29, 0.717) is 19.2 Å². The van der Waals surface area contributed by atoms with Gasteiger partial charge in [0, 0.05) is 0 Å². The topological polar surface area (TPSA) is 77.8 Å². The summed E-state index contributed by atoms with van der Waals surface area (Å²) in [6.45, 7) is 3.86. The molecule has 0 bridgehead atoms. The van der Waals surface area contributed by atoms with Crippen LogP contribution < -0.4 is 0 Å². The Morgan fingerprint density at radius 1 is 1.27 bits per heavy atom. The lowest BCUT2D eigenvalue weighted by Crippen LogP contribution is -2.23. The zero-order chi connectivity index (χ0) is 11.8. The second-order valence-corrected chi connectivity index (χ2v) is 3.93. The fourth-order valence-electron chi connectivity index (χ4n) is 1.96. The highest BCUT2D eigenvalue weighted by molar-refractivity contribution is 6.40. The van der Waals surface area contributed by atoms with E-state index in [2.05, 4.69) is 0 Å². The number of carbonyl (C=O) groups is 1. The number of carboxylic acids is 1. The molecule has 3 N–H and O–H groups in total. The van der Waals surface area contributed by atoms with Crippen LogP contribution in [0.2, 0.25) is 6.32 Å². The molecule has 0 aromatic carbocycles. The average Bonchev–Trinajstić information content (AvgIpc) is 2.15. The monoisotopic (exact) mass is 216 g/mol. The van der Waals surface area contributed by atoms with Crippen LogP contribution in [0.3, 0.4) is 0 Å². The first-order chi connectivity index (χ1) is 7.02. The Labute approximate surface area is 91.5 Å². The molecule has 2 unspecified atom stereocenters. The van der Waals surface area contributed by atoms with Crippen molar-refractivity contribution in [1.29, 1.82) is 0 Å². The average molecular weight is 216 g/mol. The predicted molar refractivity (Wildman–Crippen MR) is 59.4 cm³/mol. The second kappa shape index (κ2) is 7.71. The Morgan fingerprint density at radius 2 is 1.87 bits per heavy atom. The van der Waals surface area contributed by atoms with E-state index in [4.69, 9.17) is 15.2 Å². The van der Waals surface area contributed by atoms with E-state index in [1.54, 1.807) is 0 Å². The van der Waals surface area contributed by atoms with Gasteiger partial charge in [0.1, 0.15) is 0 Å². The van der Waals surface area contributed by atoms with Crippen LogP contribution in [0, 0.1) is 11.8 Å². The van der Waals surface area contributed by atoms with Gasteiger partial charge in [-0.05, 0) is 18.7 Å². The molecule has 0 saturated heterocycles. The first-order valence-corrected chi connectivity index (χ1v) is 5.61. The van der Waals surface area contributed by atoms with E-state index < -0.39 is 13.1 Å². The van der Waals surface area contributed by atoms with Gasteiger partial charge in [-0.15, -0.1) is 0 Å². The van der Waals surface area contributed by atoms with Crippen LogP contribution in [0.4, 0.5) is 0 Å². The fraction of sp³-hybridized carbons (Fsp3) is 0.900. The van der Waals surface area contributed by atoms with Crippen molar-refractivity contribution < 1.29 is 19.9 Å². The molecule has 0 amide bonds. The summed E-state index contributed by atoms with van der Waals surface area (Å²) < 4.78 is 0. The summed E-state index contributed by atoms with van der Waals surface area (Å²) in [4.78, 5) is 10.9. The molecule has 0 aliphatic rings. The van der Waals surface area contributed by atoms with Gasteiger partial charge in [0.15, 0.2) is 0 Å². The van der Waals surface area contributed by atoms with E-state index in [1.807, 2.05) is 13.8 Å². The Bertz CT molecular complexity index is 184. The molecule has 0 aromatic rings. The van der Waals surface area contributed by atoms with Gasteiger partial charge in [0.05, 0.1) is 5.92 Å². The number of hydrogen-bond acceptors (Lipinski definition) is 3. The molecule has 2 atom stereocenters. The minimum Gasteiger partial charge on any atom is -0.481 e. The quantitative estimate of drug-likeness (QED) is 0.535. The van der Waals surface area contributed by atoms with Crippen LogP contribution in [0.15, 0.2) is 0 Å². The summed E-state index contributed by atoms with van der Waals surface area (Å²) in [7, 11) is -1.27. The highest BCUT2D eigenvalue weighted by atomic mass is 16.4. The Kier molecular flexibility index (Phi) is 7.43. The molecule has 0 heterocycles. The number of rotatable bonds is 8. The second-order valence-electron chi connectivity index (χ2n) is 3.93. The highest BCUT2D eigenvalue weighted by Crippen LogP contribution is 2.25. The molecule has 0 aliphatic carbocycles. The van der Waals surface area contributed by atoms with Crippen molar-refractivity contribution >= 4 is 13.1 Å². The molecular weight excluding hydrogens is 195 g/mol. The first-order valence-electron chi connectivity index (χ1n) is 5.61. The number of aliphatic carboxylic acids is 1. The van der Waals surface area contributed by atoms with Crippen molar-refractivity contribution in [2.45, 2.75) is 45.9 Å². The van der Waals surface area contributed by atoms with Crippen LogP contribution in [0.5, 0.6) is 0 Å². The summed E-state index contributed by atoms with van der Waals surface area (Å²) in [5.41, 5.74) is 0. The lowest BCUT2D eigenvalue weighted by molar-refractivity contribution is -0.144. The van der Waals surface area contributed by atoms with E-state index in [1.165, 1.54) is 0 Å². The Morgan fingerprint density at radius 3 is 2.20 bits per heavy atom. The summed E-state index contributed by atoms with van der Waals surface area (Å²) in [6, 6.07) is 0. The van der Waals surface area contributed by atoms with Crippen molar-refractivity contribution in [2.75, 3.05) is 0 Å². The molecule has 0 aromatic heterocycles. The molecule has 0 rings (SSSR count). The SMILES string of the molecule is CCC(CCCB(O)O)C(CC)C(=O)O. The number of hydrogen-bond donors (Lipinski definition) is 3. The van der Waals surface area contributed by atoms with Crippen molar-refractivity contribution in [2.24, 2.45) is 11.8 Å². The molecule has 0 radical (unpaired) electrons. The maximum absolute atomic E-state index is 10.9. The Balaban J connectivity index is 4.04. The molecule has 0 aliphatic heterocycles. The summed E-state index contributed by atoms with van der Waals surface area (Å²) in [6.07, 6.45) is 3.20. The maximum atomic E-state index is 10.9. The minimum atomic E-state index is -1.27. The molecule has 0 spiro atoms. The van der Waals surface area contributed by atoms with Crippen molar-refractivity contribution in [1.82, 2.24) is 0 Å². The molecule has 4 nitrogen and oxygen atoms in total. The van der Waals surface area contributed by atoms with E-state index in [-0.39, 0.29) is 11.8 Å². The third-order valence-electron chi connectivity index (χ3n) is 2.89. The zero-order valence-electron chi connectivity index (χ0n) is 9.52. The van der Waals surface area contributed by atoms with Gasteiger partial charge in [-0.25, -0.2) is 0 Å². The van der Waals surface area contributed by atoms with Gasteiger partial charge in [0.2, 0.25) is 0 Å². The highest BCUT2D eigenvalue weighted by Gasteiger charge is 2.24. The molecule has 5 heteroatoms. The summed E-state index contributed by atoms with van der Waals surface area (Å²) in [5.74, 6) is -0.897.